The molecule has 9 heteroatoms. The summed E-state index contributed by atoms with van der Waals surface area (Å²) in [6, 6.07) is 15.6. The Morgan fingerprint density at radius 3 is 2.72 bits per heavy atom. The van der Waals surface area contributed by atoms with Crippen LogP contribution in [-0.4, -0.2) is 40.4 Å². The molecule has 0 spiro atoms. The minimum absolute atomic E-state index is 0.137. The van der Waals surface area contributed by atoms with Crippen LogP contribution in [0, 0.1) is 0 Å². The topological polar surface area (TPSA) is 78.3 Å². The number of thioether (sulfide) groups is 1. The van der Waals surface area contributed by atoms with Crippen LogP contribution in [0.15, 0.2) is 65.3 Å². The molecule has 0 saturated carbocycles. The van der Waals surface area contributed by atoms with Crippen LogP contribution >= 0.6 is 23.1 Å². The van der Waals surface area contributed by atoms with Gasteiger partial charge in [-0.2, -0.15) is 0 Å². The normalized spacial score (nSPS) is 10.7. The molecule has 1 amide bonds. The Balaban J connectivity index is 1.39. The molecule has 4 rings (SSSR count). The number of carbonyl (C=O) groups is 1. The summed E-state index contributed by atoms with van der Waals surface area (Å²) in [5.41, 5.74) is 3.66. The molecule has 164 valence electrons. The summed E-state index contributed by atoms with van der Waals surface area (Å²) in [5.74, 6) is 1.46. The standard InChI is InChI=1S/C23H22N4O3S2/c1-27-19(15-7-5-4-6-8-15)12-24-23(27)32-14-21(28)26-22-25-18(13-31-22)17-10-9-16(29-2)11-20(17)30-3/h4-13H,14H2,1-3H3,(H,25,26,28). The first-order valence-electron chi connectivity index (χ1n) is 9.76. The van der Waals surface area contributed by atoms with Crippen molar-refractivity contribution in [1.82, 2.24) is 14.5 Å². The number of aromatic nitrogens is 3. The zero-order valence-electron chi connectivity index (χ0n) is 17.9. The monoisotopic (exact) mass is 466 g/mol. The lowest BCUT2D eigenvalue weighted by atomic mass is 10.1. The van der Waals surface area contributed by atoms with E-state index >= 15 is 0 Å². The Morgan fingerprint density at radius 1 is 1.16 bits per heavy atom. The number of imidazole rings is 1. The van der Waals surface area contributed by atoms with Crippen molar-refractivity contribution in [2.75, 3.05) is 25.3 Å². The average Bonchev–Trinajstić information content (AvgIpc) is 3.44. The number of thiazole rings is 1. The highest BCUT2D eigenvalue weighted by Gasteiger charge is 2.14. The summed E-state index contributed by atoms with van der Waals surface area (Å²) in [7, 11) is 5.16. The smallest absolute Gasteiger partial charge is 0.236 e. The Bertz CT molecular complexity index is 1220. The van der Waals surface area contributed by atoms with Gasteiger partial charge in [0.25, 0.3) is 0 Å². The van der Waals surface area contributed by atoms with Crippen LogP contribution in [-0.2, 0) is 11.8 Å². The number of carbonyl (C=O) groups excluding carboxylic acids is 1. The van der Waals surface area contributed by atoms with Gasteiger partial charge in [0.15, 0.2) is 10.3 Å². The molecule has 0 atom stereocenters. The van der Waals surface area contributed by atoms with Crippen LogP contribution in [0.1, 0.15) is 0 Å². The first kappa shape index (κ1) is 21.9. The first-order chi connectivity index (χ1) is 15.6. The number of hydrogen-bond donors (Lipinski definition) is 1. The summed E-state index contributed by atoms with van der Waals surface area (Å²) in [6.07, 6.45) is 1.82. The fraction of sp³-hybridized carbons (Fsp3) is 0.174. The second kappa shape index (κ2) is 9.88. The average molecular weight is 467 g/mol. The van der Waals surface area contributed by atoms with Crippen LogP contribution in [0.4, 0.5) is 5.13 Å². The lowest BCUT2D eigenvalue weighted by molar-refractivity contribution is -0.113. The zero-order valence-corrected chi connectivity index (χ0v) is 19.5. The quantitative estimate of drug-likeness (QED) is 0.370. The van der Waals surface area contributed by atoms with Crippen molar-refractivity contribution in [3.63, 3.8) is 0 Å². The predicted octanol–water partition coefficient (Wildman–Crippen LogP) is 4.96. The maximum absolute atomic E-state index is 12.5. The molecule has 0 aliphatic carbocycles. The summed E-state index contributed by atoms with van der Waals surface area (Å²) >= 11 is 2.75. The third-order valence-electron chi connectivity index (χ3n) is 4.78. The largest absolute Gasteiger partial charge is 0.497 e. The Morgan fingerprint density at radius 2 is 1.97 bits per heavy atom. The number of ether oxygens (including phenoxy) is 2. The molecule has 0 radical (unpaired) electrons. The number of hydrogen-bond acceptors (Lipinski definition) is 7. The van der Waals surface area contributed by atoms with Crippen LogP contribution < -0.4 is 14.8 Å². The van der Waals surface area contributed by atoms with Crippen molar-refractivity contribution >= 4 is 34.1 Å². The fourth-order valence-corrected chi connectivity index (χ4v) is 4.63. The molecule has 0 aliphatic rings. The molecule has 0 bridgehead atoms. The Kier molecular flexibility index (Phi) is 6.77. The summed E-state index contributed by atoms with van der Waals surface area (Å²) < 4.78 is 12.7. The molecule has 2 aromatic heterocycles. The van der Waals surface area contributed by atoms with E-state index in [4.69, 9.17) is 9.47 Å². The van der Waals surface area contributed by atoms with Gasteiger partial charge in [-0.1, -0.05) is 42.1 Å². The van der Waals surface area contributed by atoms with E-state index in [-0.39, 0.29) is 11.7 Å². The van der Waals surface area contributed by atoms with E-state index in [0.717, 1.165) is 27.7 Å². The minimum atomic E-state index is -0.137. The summed E-state index contributed by atoms with van der Waals surface area (Å²) in [4.78, 5) is 21.5. The Labute approximate surface area is 194 Å². The maximum atomic E-state index is 12.5. The van der Waals surface area contributed by atoms with Gasteiger partial charge in [-0.3, -0.25) is 4.79 Å². The first-order valence-corrected chi connectivity index (χ1v) is 11.6. The Hall–Kier alpha value is -3.30. The molecule has 0 saturated heterocycles. The second-order valence-corrected chi connectivity index (χ2v) is 8.59. The predicted molar refractivity (Wildman–Crippen MR) is 129 cm³/mol. The lowest BCUT2D eigenvalue weighted by Gasteiger charge is -2.08. The maximum Gasteiger partial charge on any atom is 0.236 e. The molecule has 2 heterocycles. The summed E-state index contributed by atoms with van der Waals surface area (Å²) in [5, 5.41) is 6.07. The van der Waals surface area contributed by atoms with Crippen molar-refractivity contribution in [1.29, 1.82) is 0 Å². The van der Waals surface area contributed by atoms with Crippen molar-refractivity contribution in [3.05, 3.63) is 60.1 Å². The van der Waals surface area contributed by atoms with E-state index in [9.17, 15) is 4.79 Å². The van der Waals surface area contributed by atoms with Crippen molar-refractivity contribution in [2.45, 2.75) is 5.16 Å². The zero-order chi connectivity index (χ0) is 22.5. The molecule has 4 aromatic rings. The SMILES string of the molecule is COc1ccc(-c2csc(NC(=O)CSc3ncc(-c4ccccc4)n3C)n2)c(OC)c1. The number of nitrogens with one attached hydrogen (secondary N) is 1. The van der Waals surface area contributed by atoms with Gasteiger partial charge in [-0.05, 0) is 17.7 Å². The molecule has 0 aliphatic heterocycles. The van der Waals surface area contributed by atoms with E-state index in [0.29, 0.717) is 16.6 Å². The van der Waals surface area contributed by atoms with Crippen LogP contribution in [0.3, 0.4) is 0 Å². The van der Waals surface area contributed by atoms with Crippen molar-refractivity contribution < 1.29 is 14.3 Å². The van der Waals surface area contributed by atoms with Crippen molar-refractivity contribution in [2.24, 2.45) is 7.05 Å². The molecular formula is C23H22N4O3S2. The van der Waals surface area contributed by atoms with E-state index in [1.165, 1.54) is 23.1 Å². The fourth-order valence-electron chi connectivity index (χ4n) is 3.15. The van der Waals surface area contributed by atoms with Crippen molar-refractivity contribution in [3.8, 4) is 34.0 Å². The highest BCUT2D eigenvalue weighted by atomic mass is 32.2. The lowest BCUT2D eigenvalue weighted by Crippen LogP contribution is -2.14. The third kappa shape index (κ3) is 4.79. The number of amides is 1. The van der Waals surface area contributed by atoms with Crippen LogP contribution in [0.25, 0.3) is 22.5 Å². The summed E-state index contributed by atoms with van der Waals surface area (Å²) in [6.45, 7) is 0. The molecule has 0 fully saturated rings. The number of benzene rings is 2. The second-order valence-electron chi connectivity index (χ2n) is 6.79. The molecule has 2 aromatic carbocycles. The van der Waals surface area contributed by atoms with Gasteiger partial charge in [0, 0.05) is 24.1 Å². The van der Waals surface area contributed by atoms with Crippen LogP contribution in [0.5, 0.6) is 11.5 Å². The number of methoxy groups -OCH3 is 2. The third-order valence-corrected chi connectivity index (χ3v) is 6.58. The van der Waals surface area contributed by atoms with E-state index in [1.54, 1.807) is 20.3 Å². The number of rotatable bonds is 8. The van der Waals surface area contributed by atoms with Gasteiger partial charge in [0.1, 0.15) is 11.5 Å². The van der Waals surface area contributed by atoms with Gasteiger partial charge in [0.05, 0.1) is 37.6 Å². The molecule has 1 N–H and O–H groups in total. The molecule has 0 unspecified atom stereocenters. The molecule has 7 nitrogen and oxygen atoms in total. The highest BCUT2D eigenvalue weighted by molar-refractivity contribution is 7.99. The van der Waals surface area contributed by atoms with Gasteiger partial charge >= 0.3 is 0 Å². The number of anilines is 1. The number of nitrogens with zero attached hydrogens (tertiary/aromatic N) is 3. The van der Waals surface area contributed by atoms with E-state index < -0.39 is 0 Å². The highest BCUT2D eigenvalue weighted by Crippen LogP contribution is 2.35. The van der Waals surface area contributed by atoms with Gasteiger partial charge in [-0.15, -0.1) is 11.3 Å². The molecular weight excluding hydrogens is 444 g/mol. The molecule has 32 heavy (non-hydrogen) atoms. The van der Waals surface area contributed by atoms with Crippen LogP contribution in [0.2, 0.25) is 0 Å². The van der Waals surface area contributed by atoms with E-state index in [2.05, 4.69) is 15.3 Å². The van der Waals surface area contributed by atoms with Gasteiger partial charge in [0.2, 0.25) is 5.91 Å². The van der Waals surface area contributed by atoms with Gasteiger partial charge in [-0.25, -0.2) is 9.97 Å². The van der Waals surface area contributed by atoms with Gasteiger partial charge < -0.3 is 19.4 Å². The minimum Gasteiger partial charge on any atom is -0.497 e. The van der Waals surface area contributed by atoms with E-state index in [1.807, 2.05) is 65.7 Å².